The van der Waals surface area contributed by atoms with E-state index in [1.165, 1.54) is 0 Å². The van der Waals surface area contributed by atoms with Gasteiger partial charge in [-0.3, -0.25) is 4.98 Å². The first-order valence-electron chi connectivity index (χ1n) is 8.71. The molecule has 6 nitrogen and oxygen atoms in total. The van der Waals surface area contributed by atoms with Gasteiger partial charge in [0.2, 0.25) is 0 Å². The highest BCUT2D eigenvalue weighted by Crippen LogP contribution is 2.20. The summed E-state index contributed by atoms with van der Waals surface area (Å²) in [7, 11) is 2.00. The normalized spacial score (nSPS) is 10.7. The SMILES string of the molecule is CN(Cc1cccnc1)c1ccc(-c2nc(Cc3ccccc3)no2)cn1. The zero-order chi connectivity index (χ0) is 18.5. The maximum absolute atomic E-state index is 5.40. The van der Waals surface area contributed by atoms with E-state index >= 15 is 0 Å². The average molecular weight is 357 g/mol. The predicted molar refractivity (Wildman–Crippen MR) is 103 cm³/mol. The van der Waals surface area contributed by atoms with E-state index in [0.717, 1.165) is 29.1 Å². The second-order valence-corrected chi connectivity index (χ2v) is 6.30. The van der Waals surface area contributed by atoms with Gasteiger partial charge in [0.15, 0.2) is 5.82 Å². The molecule has 0 aliphatic rings. The molecule has 0 spiro atoms. The van der Waals surface area contributed by atoms with Gasteiger partial charge in [-0.05, 0) is 29.3 Å². The van der Waals surface area contributed by atoms with Gasteiger partial charge in [0.25, 0.3) is 5.89 Å². The van der Waals surface area contributed by atoms with E-state index in [1.807, 2.05) is 67.8 Å². The first-order valence-corrected chi connectivity index (χ1v) is 8.71. The summed E-state index contributed by atoms with van der Waals surface area (Å²) in [6.07, 6.45) is 6.03. The van der Waals surface area contributed by atoms with Crippen molar-refractivity contribution in [2.24, 2.45) is 0 Å². The van der Waals surface area contributed by atoms with Gasteiger partial charge in [-0.15, -0.1) is 0 Å². The zero-order valence-corrected chi connectivity index (χ0v) is 15.0. The van der Waals surface area contributed by atoms with Crippen LogP contribution in [0.1, 0.15) is 17.0 Å². The molecule has 0 unspecified atom stereocenters. The molecule has 0 atom stereocenters. The molecular formula is C21H19N5O. The summed E-state index contributed by atoms with van der Waals surface area (Å²) >= 11 is 0. The fraction of sp³-hybridized carbons (Fsp3) is 0.143. The Bertz CT molecular complexity index is 984. The third-order valence-corrected chi connectivity index (χ3v) is 4.20. The quantitative estimate of drug-likeness (QED) is 0.523. The average Bonchev–Trinajstić information content (AvgIpc) is 3.18. The van der Waals surface area contributed by atoms with Crippen molar-refractivity contribution in [1.82, 2.24) is 20.1 Å². The lowest BCUT2D eigenvalue weighted by Crippen LogP contribution is -2.17. The van der Waals surface area contributed by atoms with E-state index in [0.29, 0.717) is 18.1 Å². The summed E-state index contributed by atoms with van der Waals surface area (Å²) in [5, 5.41) is 4.07. The Morgan fingerprint density at radius 1 is 0.926 bits per heavy atom. The number of rotatable bonds is 6. The van der Waals surface area contributed by atoms with Crippen molar-refractivity contribution in [3.63, 3.8) is 0 Å². The lowest BCUT2D eigenvalue weighted by atomic mass is 10.1. The van der Waals surface area contributed by atoms with E-state index in [9.17, 15) is 0 Å². The molecule has 0 saturated heterocycles. The Labute approximate surface area is 157 Å². The standard InChI is InChI=1S/C21H19N5O/c1-26(15-17-8-5-11-22-13-17)20-10-9-18(14-23-20)21-24-19(25-27-21)12-16-6-3-2-4-7-16/h2-11,13-14H,12,15H2,1H3. The summed E-state index contributed by atoms with van der Waals surface area (Å²) < 4.78 is 5.40. The molecule has 0 bridgehead atoms. The van der Waals surface area contributed by atoms with Crippen LogP contribution >= 0.6 is 0 Å². The van der Waals surface area contributed by atoms with Gasteiger partial charge < -0.3 is 9.42 Å². The van der Waals surface area contributed by atoms with Crippen LogP contribution in [0, 0.1) is 0 Å². The summed E-state index contributed by atoms with van der Waals surface area (Å²) in [6.45, 7) is 0.738. The van der Waals surface area contributed by atoms with Crippen LogP contribution in [-0.2, 0) is 13.0 Å². The zero-order valence-electron chi connectivity index (χ0n) is 15.0. The molecule has 0 amide bonds. The Hall–Kier alpha value is -3.54. The van der Waals surface area contributed by atoms with Crippen molar-refractivity contribution in [2.75, 3.05) is 11.9 Å². The number of benzene rings is 1. The maximum atomic E-state index is 5.40. The van der Waals surface area contributed by atoms with Crippen LogP contribution in [-0.4, -0.2) is 27.2 Å². The second-order valence-electron chi connectivity index (χ2n) is 6.30. The minimum absolute atomic E-state index is 0.481. The van der Waals surface area contributed by atoms with Crippen molar-refractivity contribution in [3.05, 3.63) is 90.1 Å². The van der Waals surface area contributed by atoms with Gasteiger partial charge in [-0.1, -0.05) is 41.6 Å². The molecular weight excluding hydrogens is 338 g/mol. The van der Waals surface area contributed by atoms with E-state index in [-0.39, 0.29) is 0 Å². The van der Waals surface area contributed by atoms with Crippen LogP contribution in [0.3, 0.4) is 0 Å². The van der Waals surface area contributed by atoms with Crippen LogP contribution in [0.15, 0.2) is 77.7 Å². The van der Waals surface area contributed by atoms with Gasteiger partial charge in [0, 0.05) is 38.6 Å². The highest BCUT2D eigenvalue weighted by Gasteiger charge is 2.11. The molecule has 27 heavy (non-hydrogen) atoms. The molecule has 0 aliphatic heterocycles. The number of pyridine rings is 2. The Kier molecular flexibility index (Phi) is 4.87. The molecule has 1 aromatic carbocycles. The number of aromatic nitrogens is 4. The first-order chi connectivity index (χ1) is 13.3. The highest BCUT2D eigenvalue weighted by atomic mass is 16.5. The molecule has 0 radical (unpaired) electrons. The topological polar surface area (TPSA) is 67.9 Å². The minimum atomic E-state index is 0.481. The second kappa shape index (κ2) is 7.78. The molecule has 3 aromatic heterocycles. The Morgan fingerprint density at radius 3 is 2.52 bits per heavy atom. The van der Waals surface area contributed by atoms with Gasteiger partial charge >= 0.3 is 0 Å². The Balaban J connectivity index is 1.44. The first kappa shape index (κ1) is 16.9. The van der Waals surface area contributed by atoms with E-state index in [2.05, 4.69) is 25.0 Å². The van der Waals surface area contributed by atoms with Gasteiger partial charge in [-0.2, -0.15) is 4.98 Å². The van der Waals surface area contributed by atoms with Crippen LogP contribution in [0.5, 0.6) is 0 Å². The smallest absolute Gasteiger partial charge is 0.259 e. The highest BCUT2D eigenvalue weighted by molar-refractivity contribution is 5.54. The fourth-order valence-electron chi connectivity index (χ4n) is 2.81. The molecule has 0 aliphatic carbocycles. The van der Waals surface area contributed by atoms with Crippen molar-refractivity contribution < 1.29 is 4.52 Å². The van der Waals surface area contributed by atoms with E-state index in [1.54, 1.807) is 12.4 Å². The van der Waals surface area contributed by atoms with Crippen LogP contribution < -0.4 is 4.90 Å². The molecule has 0 saturated carbocycles. The van der Waals surface area contributed by atoms with E-state index in [4.69, 9.17) is 4.52 Å². The molecule has 0 N–H and O–H groups in total. The van der Waals surface area contributed by atoms with Crippen LogP contribution in [0.25, 0.3) is 11.5 Å². The fourth-order valence-corrected chi connectivity index (χ4v) is 2.81. The molecule has 4 aromatic rings. The van der Waals surface area contributed by atoms with Gasteiger partial charge in [0.1, 0.15) is 5.82 Å². The van der Waals surface area contributed by atoms with Crippen molar-refractivity contribution in [2.45, 2.75) is 13.0 Å². The number of anilines is 1. The molecule has 0 fully saturated rings. The minimum Gasteiger partial charge on any atom is -0.355 e. The van der Waals surface area contributed by atoms with Crippen LogP contribution in [0.2, 0.25) is 0 Å². The van der Waals surface area contributed by atoms with Gasteiger partial charge in [0.05, 0.1) is 5.56 Å². The monoisotopic (exact) mass is 357 g/mol. The summed E-state index contributed by atoms with van der Waals surface area (Å²) in [5.41, 5.74) is 3.09. The number of hydrogen-bond acceptors (Lipinski definition) is 6. The summed E-state index contributed by atoms with van der Waals surface area (Å²) in [4.78, 5) is 15.2. The summed E-state index contributed by atoms with van der Waals surface area (Å²) in [6, 6.07) is 18.0. The third-order valence-electron chi connectivity index (χ3n) is 4.20. The third kappa shape index (κ3) is 4.17. The van der Waals surface area contributed by atoms with Crippen LogP contribution in [0.4, 0.5) is 5.82 Å². The summed E-state index contributed by atoms with van der Waals surface area (Å²) in [5.74, 6) is 2.01. The number of nitrogens with zero attached hydrogens (tertiary/aromatic N) is 5. The molecule has 134 valence electrons. The van der Waals surface area contributed by atoms with E-state index < -0.39 is 0 Å². The lowest BCUT2D eigenvalue weighted by Gasteiger charge is -2.17. The van der Waals surface area contributed by atoms with Gasteiger partial charge in [-0.25, -0.2) is 4.98 Å². The van der Waals surface area contributed by atoms with Crippen molar-refractivity contribution >= 4 is 5.82 Å². The van der Waals surface area contributed by atoms with Crippen molar-refractivity contribution in [3.8, 4) is 11.5 Å². The molecule has 4 rings (SSSR count). The molecule has 3 heterocycles. The predicted octanol–water partition coefficient (Wildman–Crippen LogP) is 3.75. The maximum Gasteiger partial charge on any atom is 0.259 e. The molecule has 6 heteroatoms. The largest absolute Gasteiger partial charge is 0.355 e. The lowest BCUT2D eigenvalue weighted by molar-refractivity contribution is 0.424. The van der Waals surface area contributed by atoms with Crippen molar-refractivity contribution in [1.29, 1.82) is 0 Å². The number of hydrogen-bond donors (Lipinski definition) is 0. The Morgan fingerprint density at radius 2 is 1.78 bits per heavy atom.